The Morgan fingerprint density at radius 1 is 1.31 bits per heavy atom. The van der Waals surface area contributed by atoms with Crippen molar-refractivity contribution in [3.05, 3.63) is 0 Å². The monoisotopic (exact) mass is 201 g/mol. The highest BCUT2D eigenvalue weighted by molar-refractivity contribution is 7.31. The molecule has 0 aromatic carbocycles. The number of hydrogen-bond donors (Lipinski definition) is 0. The molecule has 0 aromatic heterocycles. The smallest absolute Gasteiger partial charge is 0.0769 e. The van der Waals surface area contributed by atoms with Crippen molar-refractivity contribution in [2.24, 2.45) is 0 Å². The molecule has 2 saturated heterocycles. The fourth-order valence-electron chi connectivity index (χ4n) is 3.10. The summed E-state index contributed by atoms with van der Waals surface area (Å²) in [6, 6.07) is 0. The van der Waals surface area contributed by atoms with Crippen LogP contribution in [-0.2, 0) is 4.52 Å². The summed E-state index contributed by atoms with van der Waals surface area (Å²) < 4.78 is 5.82. The minimum absolute atomic E-state index is 0.434. The summed E-state index contributed by atoms with van der Waals surface area (Å²) in [5.41, 5.74) is 0.434. The Morgan fingerprint density at radius 3 is 2.46 bits per heavy atom. The van der Waals surface area contributed by atoms with Gasteiger partial charge in [0.15, 0.2) is 0 Å². The van der Waals surface area contributed by atoms with Crippen LogP contribution in [0.25, 0.3) is 0 Å². The standard InChI is InChI=1S/C10H20NOP/c1-9(12-13-2)10-5-3-7-11(10)8-4-6-10/h9,13H,3-8H2,1-2H3. The Morgan fingerprint density at radius 2 is 1.92 bits per heavy atom. The van der Waals surface area contributed by atoms with Crippen molar-refractivity contribution in [3.63, 3.8) is 0 Å². The molecule has 2 fully saturated rings. The third-order valence-electron chi connectivity index (χ3n) is 3.76. The molecular formula is C10H20NOP. The first-order valence-electron chi connectivity index (χ1n) is 5.37. The second-order valence-corrected chi connectivity index (χ2v) is 4.91. The van der Waals surface area contributed by atoms with Crippen LogP contribution < -0.4 is 0 Å². The van der Waals surface area contributed by atoms with E-state index < -0.39 is 0 Å². The van der Waals surface area contributed by atoms with Gasteiger partial charge in [-0.25, -0.2) is 0 Å². The lowest BCUT2D eigenvalue weighted by atomic mass is 9.89. The Labute approximate surface area is 82.9 Å². The summed E-state index contributed by atoms with van der Waals surface area (Å²) in [5.74, 6) is 0. The predicted octanol–water partition coefficient (Wildman–Crippen LogP) is 2.24. The van der Waals surface area contributed by atoms with Crippen LogP contribution in [0.3, 0.4) is 0 Å². The number of fused-ring (bicyclic) bond motifs is 1. The molecule has 2 heterocycles. The van der Waals surface area contributed by atoms with Gasteiger partial charge >= 0.3 is 0 Å². The topological polar surface area (TPSA) is 12.5 Å². The van der Waals surface area contributed by atoms with Crippen molar-refractivity contribution >= 4 is 8.81 Å². The lowest BCUT2D eigenvalue weighted by molar-refractivity contribution is 0.0579. The fraction of sp³-hybridized carbons (Fsp3) is 1.00. The van der Waals surface area contributed by atoms with Crippen LogP contribution in [-0.4, -0.2) is 36.3 Å². The highest BCUT2D eigenvalue weighted by atomic mass is 31.1. The molecule has 2 rings (SSSR count). The first-order valence-corrected chi connectivity index (χ1v) is 6.78. The third kappa shape index (κ3) is 1.54. The van der Waals surface area contributed by atoms with Crippen molar-refractivity contribution in [1.29, 1.82) is 0 Å². The van der Waals surface area contributed by atoms with E-state index in [9.17, 15) is 0 Å². The van der Waals surface area contributed by atoms with E-state index in [1.807, 2.05) is 0 Å². The molecule has 3 heteroatoms. The lowest BCUT2D eigenvalue weighted by Gasteiger charge is -2.37. The van der Waals surface area contributed by atoms with E-state index in [1.165, 1.54) is 38.8 Å². The molecular weight excluding hydrogens is 181 g/mol. The summed E-state index contributed by atoms with van der Waals surface area (Å²) in [6.45, 7) is 7.00. The van der Waals surface area contributed by atoms with Crippen molar-refractivity contribution < 1.29 is 4.52 Å². The maximum atomic E-state index is 5.82. The van der Waals surface area contributed by atoms with E-state index in [2.05, 4.69) is 18.5 Å². The lowest BCUT2D eigenvalue weighted by Crippen LogP contribution is -2.47. The van der Waals surface area contributed by atoms with Crippen LogP contribution in [0.4, 0.5) is 0 Å². The molecule has 2 aliphatic rings. The van der Waals surface area contributed by atoms with Gasteiger partial charge in [0.2, 0.25) is 0 Å². The van der Waals surface area contributed by atoms with Gasteiger partial charge in [-0.2, -0.15) is 0 Å². The minimum atomic E-state index is 0.434. The van der Waals surface area contributed by atoms with Crippen LogP contribution >= 0.6 is 8.81 Å². The maximum Gasteiger partial charge on any atom is 0.0769 e. The van der Waals surface area contributed by atoms with E-state index in [1.54, 1.807) is 0 Å². The molecule has 13 heavy (non-hydrogen) atoms. The van der Waals surface area contributed by atoms with Gasteiger partial charge in [0, 0.05) is 14.3 Å². The van der Waals surface area contributed by atoms with Gasteiger partial charge in [0.1, 0.15) is 0 Å². The average molecular weight is 201 g/mol. The van der Waals surface area contributed by atoms with Crippen molar-refractivity contribution in [2.75, 3.05) is 19.8 Å². The third-order valence-corrected chi connectivity index (χ3v) is 4.35. The highest BCUT2D eigenvalue weighted by Gasteiger charge is 2.48. The maximum absolute atomic E-state index is 5.82. The summed E-state index contributed by atoms with van der Waals surface area (Å²) in [5, 5.41) is 0. The molecule has 0 saturated carbocycles. The van der Waals surface area contributed by atoms with Gasteiger partial charge in [0.05, 0.1) is 6.10 Å². The molecule has 0 aliphatic carbocycles. The zero-order valence-corrected chi connectivity index (χ0v) is 9.68. The molecule has 2 unspecified atom stereocenters. The van der Waals surface area contributed by atoms with Crippen LogP contribution in [0.5, 0.6) is 0 Å². The van der Waals surface area contributed by atoms with Crippen molar-refractivity contribution in [2.45, 2.75) is 44.2 Å². The summed E-state index contributed by atoms with van der Waals surface area (Å²) in [4.78, 5) is 2.66. The van der Waals surface area contributed by atoms with Gasteiger partial charge in [-0.05, 0) is 52.4 Å². The second-order valence-electron chi connectivity index (χ2n) is 4.26. The second kappa shape index (κ2) is 3.84. The molecule has 0 spiro atoms. The molecule has 0 aromatic rings. The van der Waals surface area contributed by atoms with Crippen LogP contribution in [0.2, 0.25) is 0 Å². The number of rotatable bonds is 3. The normalized spacial score (nSPS) is 30.0. The quantitative estimate of drug-likeness (QED) is 0.649. The van der Waals surface area contributed by atoms with Gasteiger partial charge in [0.25, 0.3) is 0 Å². The molecule has 0 bridgehead atoms. The van der Waals surface area contributed by atoms with Crippen molar-refractivity contribution in [3.8, 4) is 0 Å². The van der Waals surface area contributed by atoms with Crippen LogP contribution in [0, 0.1) is 0 Å². The Hall–Kier alpha value is 0.350. The van der Waals surface area contributed by atoms with Gasteiger partial charge in [-0.15, -0.1) is 0 Å². The van der Waals surface area contributed by atoms with E-state index in [4.69, 9.17) is 4.52 Å². The largest absolute Gasteiger partial charge is 0.358 e. The van der Waals surface area contributed by atoms with E-state index in [0.717, 1.165) is 0 Å². The SMILES string of the molecule is CPOC(C)C12CCCN1CCC2. The first-order chi connectivity index (χ1) is 6.29. The Bertz CT molecular complexity index is 176. The molecule has 76 valence electrons. The zero-order valence-electron chi connectivity index (χ0n) is 8.68. The predicted molar refractivity (Wildman–Crippen MR) is 57.6 cm³/mol. The fourth-order valence-corrected chi connectivity index (χ4v) is 3.67. The van der Waals surface area contributed by atoms with Gasteiger partial charge in [-0.1, -0.05) is 0 Å². The minimum Gasteiger partial charge on any atom is -0.358 e. The molecule has 0 amide bonds. The van der Waals surface area contributed by atoms with E-state index >= 15 is 0 Å². The average Bonchev–Trinajstić information content (AvgIpc) is 2.61. The summed E-state index contributed by atoms with van der Waals surface area (Å²) >= 11 is 0. The Kier molecular flexibility index (Phi) is 2.92. The molecule has 0 radical (unpaired) electrons. The Balaban J connectivity index is 2.08. The highest BCUT2D eigenvalue weighted by Crippen LogP contribution is 2.43. The number of hydrogen-bond acceptors (Lipinski definition) is 2. The first kappa shape index (κ1) is 9.89. The van der Waals surface area contributed by atoms with E-state index in [-0.39, 0.29) is 0 Å². The van der Waals surface area contributed by atoms with Gasteiger partial charge < -0.3 is 4.52 Å². The summed E-state index contributed by atoms with van der Waals surface area (Å²) in [7, 11) is 0.639. The van der Waals surface area contributed by atoms with Gasteiger partial charge in [-0.3, -0.25) is 4.90 Å². The zero-order chi connectivity index (χ0) is 9.31. The molecule has 2 aliphatic heterocycles. The summed E-state index contributed by atoms with van der Waals surface area (Å²) in [6.07, 6.45) is 5.92. The van der Waals surface area contributed by atoms with E-state index in [0.29, 0.717) is 20.5 Å². The van der Waals surface area contributed by atoms with Crippen molar-refractivity contribution in [1.82, 2.24) is 4.90 Å². The van der Waals surface area contributed by atoms with Crippen LogP contribution in [0.1, 0.15) is 32.6 Å². The van der Waals surface area contributed by atoms with Crippen LogP contribution in [0.15, 0.2) is 0 Å². The molecule has 0 N–H and O–H groups in total. The molecule has 2 nitrogen and oxygen atoms in total. The molecule has 2 atom stereocenters. The number of nitrogens with zero attached hydrogens (tertiary/aromatic N) is 1.